The third-order valence-electron chi connectivity index (χ3n) is 3.07. The van der Waals surface area contributed by atoms with Gasteiger partial charge in [0.05, 0.1) is 0 Å². The van der Waals surface area contributed by atoms with Crippen molar-refractivity contribution in [2.75, 3.05) is 0 Å². The molecule has 0 aromatic heterocycles. The Hall–Kier alpha value is -0.990. The number of carbonyl (C=O) groups excluding carboxylic acids is 3. The monoisotopic (exact) mass is 240 g/mol. The first-order chi connectivity index (χ1) is 8.28. The molecule has 0 aliphatic carbocycles. The molecule has 0 N–H and O–H groups in total. The molecule has 3 heteroatoms. The summed E-state index contributed by atoms with van der Waals surface area (Å²) in [7, 11) is 0. The van der Waals surface area contributed by atoms with E-state index in [0.717, 1.165) is 38.1 Å². The van der Waals surface area contributed by atoms with E-state index < -0.39 is 0 Å². The van der Waals surface area contributed by atoms with Gasteiger partial charge in [-0.3, -0.25) is 0 Å². The second-order valence-electron chi connectivity index (χ2n) is 4.62. The summed E-state index contributed by atoms with van der Waals surface area (Å²) in [6, 6.07) is 0. The van der Waals surface area contributed by atoms with Crippen LogP contribution in [0, 0.1) is 11.8 Å². The first-order valence-corrected chi connectivity index (χ1v) is 6.62. The molecular weight excluding hydrogens is 216 g/mol. The molecule has 0 aromatic rings. The van der Waals surface area contributed by atoms with E-state index in [-0.39, 0.29) is 11.8 Å². The van der Waals surface area contributed by atoms with Crippen LogP contribution in [0.3, 0.4) is 0 Å². The third kappa shape index (κ3) is 8.78. The highest BCUT2D eigenvalue weighted by Gasteiger charge is 2.15. The van der Waals surface area contributed by atoms with Crippen LogP contribution in [0.2, 0.25) is 0 Å². The summed E-state index contributed by atoms with van der Waals surface area (Å²) in [5.41, 5.74) is 0. The van der Waals surface area contributed by atoms with E-state index in [1.54, 1.807) is 0 Å². The van der Waals surface area contributed by atoms with Gasteiger partial charge in [-0.15, -0.1) is 0 Å². The SMILES string of the molecule is CCCCCCC(C=O)CC(C=O)CCC=O. The zero-order valence-corrected chi connectivity index (χ0v) is 10.8. The molecule has 3 nitrogen and oxygen atoms in total. The Labute approximate surface area is 104 Å². The summed E-state index contributed by atoms with van der Waals surface area (Å²) in [4.78, 5) is 32.0. The predicted molar refractivity (Wildman–Crippen MR) is 67.8 cm³/mol. The van der Waals surface area contributed by atoms with E-state index in [2.05, 4.69) is 6.92 Å². The van der Waals surface area contributed by atoms with E-state index in [0.29, 0.717) is 19.3 Å². The van der Waals surface area contributed by atoms with Crippen molar-refractivity contribution in [1.82, 2.24) is 0 Å². The Morgan fingerprint density at radius 1 is 0.882 bits per heavy atom. The highest BCUT2D eigenvalue weighted by Crippen LogP contribution is 2.19. The Balaban J connectivity index is 3.86. The standard InChI is InChI=1S/C14H24O3/c1-2-3-4-5-7-13(11-16)10-14(12-17)8-6-9-15/h9,11-14H,2-8,10H2,1H3. The van der Waals surface area contributed by atoms with Crippen molar-refractivity contribution in [1.29, 1.82) is 0 Å². The summed E-state index contributed by atoms with van der Waals surface area (Å²) in [5, 5.41) is 0. The van der Waals surface area contributed by atoms with Crippen LogP contribution in [0.1, 0.15) is 58.3 Å². The average Bonchev–Trinajstić information content (AvgIpc) is 2.37. The summed E-state index contributed by atoms with van der Waals surface area (Å²) in [6.45, 7) is 2.15. The average molecular weight is 240 g/mol. The van der Waals surface area contributed by atoms with Crippen LogP contribution in [-0.4, -0.2) is 18.9 Å². The predicted octanol–water partition coefficient (Wildman–Crippen LogP) is 2.96. The van der Waals surface area contributed by atoms with E-state index in [4.69, 9.17) is 0 Å². The van der Waals surface area contributed by atoms with Crippen molar-refractivity contribution in [3.63, 3.8) is 0 Å². The summed E-state index contributed by atoms with van der Waals surface area (Å²) < 4.78 is 0. The highest BCUT2D eigenvalue weighted by atomic mass is 16.1. The second-order valence-corrected chi connectivity index (χ2v) is 4.62. The van der Waals surface area contributed by atoms with Crippen LogP contribution in [0.15, 0.2) is 0 Å². The van der Waals surface area contributed by atoms with Gasteiger partial charge < -0.3 is 14.4 Å². The fourth-order valence-corrected chi connectivity index (χ4v) is 1.99. The zero-order chi connectivity index (χ0) is 12.9. The van der Waals surface area contributed by atoms with Crippen molar-refractivity contribution in [2.45, 2.75) is 58.3 Å². The minimum atomic E-state index is -0.137. The van der Waals surface area contributed by atoms with Gasteiger partial charge in [0.15, 0.2) is 0 Å². The lowest BCUT2D eigenvalue weighted by atomic mass is 9.89. The van der Waals surface area contributed by atoms with Crippen LogP contribution < -0.4 is 0 Å². The smallest absolute Gasteiger partial charge is 0.123 e. The van der Waals surface area contributed by atoms with Gasteiger partial charge in [0, 0.05) is 18.3 Å². The highest BCUT2D eigenvalue weighted by molar-refractivity contribution is 5.59. The van der Waals surface area contributed by atoms with Crippen LogP contribution >= 0.6 is 0 Å². The Bertz CT molecular complexity index is 214. The lowest BCUT2D eigenvalue weighted by Crippen LogP contribution is -2.12. The normalized spacial score (nSPS) is 13.9. The maximum absolute atomic E-state index is 10.9. The molecule has 0 saturated carbocycles. The van der Waals surface area contributed by atoms with Crippen LogP contribution in [0.25, 0.3) is 0 Å². The molecule has 2 unspecified atom stereocenters. The van der Waals surface area contributed by atoms with Gasteiger partial charge in [0.1, 0.15) is 18.9 Å². The third-order valence-corrected chi connectivity index (χ3v) is 3.07. The molecule has 0 aliphatic rings. The molecule has 2 atom stereocenters. The first-order valence-electron chi connectivity index (χ1n) is 6.62. The second kappa shape index (κ2) is 11.5. The van der Waals surface area contributed by atoms with Gasteiger partial charge in [-0.25, -0.2) is 0 Å². The molecule has 0 heterocycles. The van der Waals surface area contributed by atoms with Gasteiger partial charge in [-0.2, -0.15) is 0 Å². The van der Waals surface area contributed by atoms with Gasteiger partial charge >= 0.3 is 0 Å². The van der Waals surface area contributed by atoms with Crippen molar-refractivity contribution >= 4 is 18.9 Å². The van der Waals surface area contributed by atoms with Crippen molar-refractivity contribution in [3.8, 4) is 0 Å². The molecule has 0 spiro atoms. The molecule has 0 aromatic carbocycles. The molecule has 17 heavy (non-hydrogen) atoms. The van der Waals surface area contributed by atoms with Crippen LogP contribution in [0.4, 0.5) is 0 Å². The topological polar surface area (TPSA) is 51.2 Å². The summed E-state index contributed by atoms with van der Waals surface area (Å²) in [5.74, 6) is -0.157. The van der Waals surface area contributed by atoms with Crippen molar-refractivity contribution < 1.29 is 14.4 Å². The zero-order valence-electron chi connectivity index (χ0n) is 10.8. The minimum Gasteiger partial charge on any atom is -0.303 e. The fraction of sp³-hybridized carbons (Fsp3) is 0.786. The number of unbranched alkanes of at least 4 members (excludes halogenated alkanes) is 3. The molecule has 0 fully saturated rings. The molecule has 0 amide bonds. The molecule has 0 aliphatic heterocycles. The molecule has 0 bridgehead atoms. The summed E-state index contributed by atoms with van der Waals surface area (Å²) >= 11 is 0. The largest absolute Gasteiger partial charge is 0.303 e. The van der Waals surface area contributed by atoms with Gasteiger partial charge in [0.2, 0.25) is 0 Å². The number of hydrogen-bond acceptors (Lipinski definition) is 3. The molecule has 0 radical (unpaired) electrons. The van der Waals surface area contributed by atoms with Crippen LogP contribution in [0.5, 0.6) is 0 Å². The Morgan fingerprint density at radius 3 is 2.06 bits per heavy atom. The number of rotatable bonds is 12. The van der Waals surface area contributed by atoms with E-state index in [1.807, 2.05) is 0 Å². The van der Waals surface area contributed by atoms with Crippen molar-refractivity contribution in [3.05, 3.63) is 0 Å². The number of aldehydes is 3. The maximum atomic E-state index is 10.9. The van der Waals surface area contributed by atoms with E-state index >= 15 is 0 Å². The number of hydrogen-bond donors (Lipinski definition) is 0. The maximum Gasteiger partial charge on any atom is 0.123 e. The molecule has 0 saturated heterocycles. The van der Waals surface area contributed by atoms with Crippen LogP contribution in [-0.2, 0) is 14.4 Å². The van der Waals surface area contributed by atoms with Gasteiger partial charge in [-0.1, -0.05) is 32.6 Å². The Kier molecular flexibility index (Phi) is 10.8. The first kappa shape index (κ1) is 16.0. The van der Waals surface area contributed by atoms with Crippen molar-refractivity contribution in [2.24, 2.45) is 11.8 Å². The lowest BCUT2D eigenvalue weighted by Gasteiger charge is -2.14. The molecule has 0 rings (SSSR count). The summed E-state index contributed by atoms with van der Waals surface area (Å²) in [6.07, 6.45) is 9.72. The molecular formula is C14H24O3. The van der Waals surface area contributed by atoms with E-state index in [1.165, 1.54) is 12.8 Å². The molecule has 98 valence electrons. The Morgan fingerprint density at radius 2 is 1.53 bits per heavy atom. The van der Waals surface area contributed by atoms with Gasteiger partial charge in [-0.05, 0) is 19.3 Å². The van der Waals surface area contributed by atoms with E-state index in [9.17, 15) is 14.4 Å². The van der Waals surface area contributed by atoms with Gasteiger partial charge in [0.25, 0.3) is 0 Å². The quantitative estimate of drug-likeness (QED) is 0.389. The lowest BCUT2D eigenvalue weighted by molar-refractivity contribution is -0.114. The number of carbonyl (C=O) groups is 3. The minimum absolute atomic E-state index is 0.0197. The fourth-order valence-electron chi connectivity index (χ4n) is 1.99.